The summed E-state index contributed by atoms with van der Waals surface area (Å²) in [5, 5.41) is 25.1. The molecule has 1 aromatic rings. The molecule has 5 amide bonds. The zero-order valence-electron chi connectivity index (χ0n) is 18.8. The lowest BCUT2D eigenvalue weighted by Crippen LogP contribution is -2.71. The number of aliphatic carboxylic acids is 2. The van der Waals surface area contributed by atoms with Crippen LogP contribution in [0.2, 0.25) is 0 Å². The first-order chi connectivity index (χ1) is 17.1. The standard InChI is InChI=1S/C15H19N7O6S2.C2HF3O2/c1-15(2)9(12(26)27)22-10(25)8(11(22)30-15)19-7(24)3-16-13(28)21-20-6-4-29-14(18-6)17-5-23;3-2(4,5)1(6)7/h4-5,8-9,11,20H,3H2,1-2H3,(H,19,24)(H,26,27)(H2,16,21,28)(H,17,18,23);(H,6,7)/t8-,9+,11-;/m1./s1. The van der Waals surface area contributed by atoms with Crippen molar-refractivity contribution >= 4 is 70.2 Å². The number of thiazole rings is 1. The summed E-state index contributed by atoms with van der Waals surface area (Å²) < 4.78 is 31.0. The molecule has 1 aromatic heterocycles. The number of hydrogen-bond acceptors (Lipinski definition) is 10. The molecule has 3 rings (SSSR count). The lowest BCUT2D eigenvalue weighted by atomic mass is 9.96. The third-order valence-electron chi connectivity index (χ3n) is 4.63. The Balaban J connectivity index is 0.000000604. The van der Waals surface area contributed by atoms with Crippen molar-refractivity contribution in [2.24, 2.45) is 0 Å². The highest BCUT2D eigenvalue weighted by molar-refractivity contribution is 8.01. The van der Waals surface area contributed by atoms with Gasteiger partial charge in [-0.25, -0.2) is 19.4 Å². The molecule has 2 fully saturated rings. The molecule has 2 saturated heterocycles. The van der Waals surface area contributed by atoms with E-state index < -0.39 is 64.7 Å². The number of anilines is 2. The Hall–Kier alpha value is -3.81. The molecule has 0 saturated carbocycles. The number of nitrogens with one attached hydrogen (secondary N) is 5. The van der Waals surface area contributed by atoms with E-state index in [-0.39, 0.29) is 5.82 Å². The summed E-state index contributed by atoms with van der Waals surface area (Å²) in [6.45, 7) is 3.08. The third-order valence-corrected chi connectivity index (χ3v) is 6.98. The number of fused-ring (bicyclic) bond motifs is 1. The van der Waals surface area contributed by atoms with Crippen molar-refractivity contribution in [2.45, 2.75) is 42.2 Å². The topological polar surface area (TPSA) is 219 Å². The minimum Gasteiger partial charge on any atom is -0.480 e. The van der Waals surface area contributed by atoms with Crippen molar-refractivity contribution in [3.05, 3.63) is 5.38 Å². The van der Waals surface area contributed by atoms with E-state index in [2.05, 4.69) is 31.8 Å². The molecule has 3 heterocycles. The van der Waals surface area contributed by atoms with Gasteiger partial charge in [-0.3, -0.25) is 25.2 Å². The maximum Gasteiger partial charge on any atom is 0.490 e. The second kappa shape index (κ2) is 11.5. The number of carboxylic acids is 2. The summed E-state index contributed by atoms with van der Waals surface area (Å²) in [5.41, 5.74) is 4.77. The van der Waals surface area contributed by atoms with Crippen molar-refractivity contribution in [1.29, 1.82) is 0 Å². The molecule has 15 nitrogen and oxygen atoms in total. The van der Waals surface area contributed by atoms with Gasteiger partial charge in [-0.1, -0.05) is 0 Å². The highest BCUT2D eigenvalue weighted by Crippen LogP contribution is 2.50. The predicted octanol–water partition coefficient (Wildman–Crippen LogP) is -0.397. The Bertz CT molecular complexity index is 1080. The maximum absolute atomic E-state index is 12.3. The van der Waals surface area contributed by atoms with E-state index >= 15 is 0 Å². The molecule has 0 spiro atoms. The number of β-lactam (4-membered cyclic amide) rings is 1. The normalized spacial score (nSPS) is 21.3. The van der Waals surface area contributed by atoms with Crippen LogP contribution in [0.25, 0.3) is 0 Å². The Morgan fingerprint density at radius 1 is 1.24 bits per heavy atom. The largest absolute Gasteiger partial charge is 0.490 e. The van der Waals surface area contributed by atoms with E-state index in [1.165, 1.54) is 16.7 Å². The molecule has 0 unspecified atom stereocenters. The van der Waals surface area contributed by atoms with Crippen molar-refractivity contribution in [3.8, 4) is 0 Å². The number of nitrogens with zero attached hydrogens (tertiary/aromatic N) is 2. The Morgan fingerprint density at radius 2 is 1.86 bits per heavy atom. The van der Waals surface area contributed by atoms with Gasteiger partial charge >= 0.3 is 24.1 Å². The van der Waals surface area contributed by atoms with Crippen LogP contribution in [0, 0.1) is 0 Å². The number of halogens is 3. The lowest BCUT2D eigenvalue weighted by molar-refractivity contribution is -0.192. The average molecular weight is 572 g/mol. The molecule has 0 radical (unpaired) electrons. The van der Waals surface area contributed by atoms with E-state index in [0.717, 1.165) is 11.3 Å². The van der Waals surface area contributed by atoms with Gasteiger partial charge in [0.2, 0.25) is 18.2 Å². The first kappa shape index (κ1) is 29.4. The fourth-order valence-corrected chi connectivity index (χ4v) is 5.37. The van der Waals surface area contributed by atoms with Gasteiger partial charge in [0, 0.05) is 10.1 Å². The van der Waals surface area contributed by atoms with E-state index in [0.29, 0.717) is 11.5 Å². The molecule has 3 atom stereocenters. The van der Waals surface area contributed by atoms with Crippen LogP contribution in [0.5, 0.6) is 0 Å². The van der Waals surface area contributed by atoms with Crippen LogP contribution >= 0.6 is 23.1 Å². The number of thioether (sulfide) groups is 1. The van der Waals surface area contributed by atoms with Gasteiger partial charge in [-0.15, -0.1) is 23.1 Å². The molecule has 0 aliphatic carbocycles. The molecule has 204 valence electrons. The summed E-state index contributed by atoms with van der Waals surface area (Å²) in [7, 11) is 0. The predicted molar refractivity (Wildman–Crippen MR) is 121 cm³/mol. The van der Waals surface area contributed by atoms with Crippen molar-refractivity contribution in [2.75, 3.05) is 17.3 Å². The molecular formula is C17H20F3N7O8S2. The summed E-state index contributed by atoms with van der Waals surface area (Å²) >= 11 is 2.45. The number of carboxylic acid groups (broad SMARTS) is 2. The number of aromatic nitrogens is 1. The van der Waals surface area contributed by atoms with Gasteiger partial charge in [0.15, 0.2) is 10.9 Å². The number of hydrogen-bond donors (Lipinski definition) is 7. The highest BCUT2D eigenvalue weighted by Gasteiger charge is 2.64. The lowest BCUT2D eigenvalue weighted by Gasteiger charge is -2.43. The van der Waals surface area contributed by atoms with Crippen LogP contribution in [0.4, 0.5) is 28.9 Å². The number of hydrazine groups is 1. The van der Waals surface area contributed by atoms with E-state index in [4.69, 9.17) is 9.90 Å². The molecule has 0 bridgehead atoms. The summed E-state index contributed by atoms with van der Waals surface area (Å²) in [4.78, 5) is 72.1. The Kier molecular flexibility index (Phi) is 9.14. The van der Waals surface area contributed by atoms with Gasteiger partial charge in [-0.2, -0.15) is 13.2 Å². The summed E-state index contributed by atoms with van der Waals surface area (Å²) in [6, 6.07) is -2.52. The summed E-state index contributed by atoms with van der Waals surface area (Å²) in [5.74, 6) is -4.61. The average Bonchev–Trinajstić information content (AvgIpc) is 3.34. The maximum atomic E-state index is 12.3. The molecule has 7 N–H and O–H groups in total. The first-order valence-electron chi connectivity index (χ1n) is 9.86. The SMILES string of the molecule is CC1(C)S[C@@H]2[C@H](NC(=O)CNC(=O)NNc3csc(NC=O)n3)C(=O)N2[C@H]1C(=O)O.O=C(O)C(F)(F)F. The molecule has 37 heavy (non-hydrogen) atoms. The highest BCUT2D eigenvalue weighted by atomic mass is 32.2. The van der Waals surface area contributed by atoms with Crippen molar-refractivity contribution in [3.63, 3.8) is 0 Å². The molecular weight excluding hydrogens is 551 g/mol. The second-order valence-corrected chi connectivity index (χ2v) is 10.3. The fraction of sp³-hybridized carbons (Fsp3) is 0.471. The van der Waals surface area contributed by atoms with E-state index in [1.807, 2.05) is 0 Å². The van der Waals surface area contributed by atoms with Gasteiger partial charge in [0.05, 0.1) is 6.54 Å². The molecule has 0 aromatic carbocycles. The van der Waals surface area contributed by atoms with Crippen LogP contribution in [-0.2, 0) is 24.0 Å². The fourth-order valence-electron chi connectivity index (χ4n) is 3.14. The van der Waals surface area contributed by atoms with Gasteiger partial charge in [0.1, 0.15) is 17.5 Å². The van der Waals surface area contributed by atoms with E-state index in [9.17, 15) is 42.3 Å². The van der Waals surface area contributed by atoms with Crippen LogP contribution in [0.3, 0.4) is 0 Å². The third kappa shape index (κ3) is 7.35. The van der Waals surface area contributed by atoms with Gasteiger partial charge < -0.3 is 31.1 Å². The first-order valence-corrected chi connectivity index (χ1v) is 11.6. The Morgan fingerprint density at radius 3 is 2.41 bits per heavy atom. The number of urea groups is 1. The minimum absolute atomic E-state index is 0.290. The Labute approximate surface area is 213 Å². The number of rotatable bonds is 8. The van der Waals surface area contributed by atoms with E-state index in [1.54, 1.807) is 19.2 Å². The monoisotopic (exact) mass is 571 g/mol. The minimum atomic E-state index is -5.08. The van der Waals surface area contributed by atoms with Crippen LogP contribution < -0.4 is 26.8 Å². The smallest absolute Gasteiger partial charge is 0.480 e. The molecule has 2 aliphatic rings. The second-order valence-electron chi connectivity index (χ2n) is 7.68. The number of amides is 5. The van der Waals surface area contributed by atoms with Gasteiger partial charge in [-0.05, 0) is 13.8 Å². The van der Waals surface area contributed by atoms with Crippen LogP contribution in [-0.4, -0.2) is 91.2 Å². The van der Waals surface area contributed by atoms with Crippen LogP contribution in [0.1, 0.15) is 13.8 Å². The number of alkyl halides is 3. The van der Waals surface area contributed by atoms with Crippen molar-refractivity contribution in [1.82, 2.24) is 25.9 Å². The molecule has 20 heteroatoms. The summed E-state index contributed by atoms with van der Waals surface area (Å²) in [6.07, 6.45) is -4.61. The van der Waals surface area contributed by atoms with Crippen LogP contribution in [0.15, 0.2) is 5.38 Å². The zero-order valence-corrected chi connectivity index (χ0v) is 20.4. The van der Waals surface area contributed by atoms with Crippen molar-refractivity contribution < 1.29 is 52.2 Å². The van der Waals surface area contributed by atoms with Gasteiger partial charge in [0.25, 0.3) is 0 Å². The number of carbonyl (C=O) groups excluding carboxylic acids is 4. The quantitative estimate of drug-likeness (QED) is 0.121. The number of carbonyl (C=O) groups is 6. The molecule has 2 aliphatic heterocycles. The zero-order chi connectivity index (χ0) is 28.1.